The number of hydrogen-bond acceptors (Lipinski definition) is 1. The first kappa shape index (κ1) is 14.4. The van der Waals surface area contributed by atoms with E-state index in [0.717, 1.165) is 14.7 Å². The van der Waals surface area contributed by atoms with Gasteiger partial charge in [-0.3, -0.25) is 0 Å². The molecule has 0 aliphatic rings. The monoisotopic (exact) mass is 373 g/mol. The summed E-state index contributed by atoms with van der Waals surface area (Å²) < 4.78 is 28.9. The Kier molecular flexibility index (Phi) is 4.20. The van der Waals surface area contributed by atoms with E-state index in [-0.39, 0.29) is 5.56 Å². The Morgan fingerprint density at radius 1 is 1.05 bits per heavy atom. The molecule has 1 nitrogen and oxygen atoms in total. The van der Waals surface area contributed by atoms with Crippen LogP contribution in [0.4, 0.5) is 8.78 Å². The molecular formula is C15H14F2IN. The highest BCUT2D eigenvalue weighted by atomic mass is 127. The van der Waals surface area contributed by atoms with E-state index in [4.69, 9.17) is 5.73 Å². The van der Waals surface area contributed by atoms with E-state index < -0.39 is 17.7 Å². The van der Waals surface area contributed by atoms with Crippen molar-refractivity contribution in [2.24, 2.45) is 5.73 Å². The highest BCUT2D eigenvalue weighted by Crippen LogP contribution is 2.30. The SMILES string of the molecule is Cc1ccc(F)c(C(N)c2cccc(C)c2I)c1F. The molecule has 19 heavy (non-hydrogen) atoms. The molecule has 2 aromatic rings. The molecule has 2 N–H and O–H groups in total. The van der Waals surface area contributed by atoms with Crippen molar-refractivity contribution in [2.75, 3.05) is 0 Å². The van der Waals surface area contributed by atoms with Gasteiger partial charge in [0.05, 0.1) is 6.04 Å². The van der Waals surface area contributed by atoms with E-state index in [1.54, 1.807) is 13.0 Å². The molecule has 2 rings (SSSR count). The lowest BCUT2D eigenvalue weighted by Crippen LogP contribution is -2.18. The predicted octanol–water partition coefficient (Wildman–Crippen LogP) is 4.23. The first-order valence-corrected chi connectivity index (χ1v) is 6.96. The number of hydrogen-bond donors (Lipinski definition) is 1. The second-order valence-corrected chi connectivity index (χ2v) is 5.63. The predicted molar refractivity (Wildman–Crippen MR) is 81.0 cm³/mol. The molecule has 0 aliphatic heterocycles. The summed E-state index contributed by atoms with van der Waals surface area (Å²) in [5, 5.41) is 0. The van der Waals surface area contributed by atoms with Crippen molar-refractivity contribution in [2.45, 2.75) is 19.9 Å². The van der Waals surface area contributed by atoms with Gasteiger partial charge in [-0.05, 0) is 59.2 Å². The van der Waals surface area contributed by atoms with Crippen molar-refractivity contribution in [3.05, 3.63) is 67.8 Å². The van der Waals surface area contributed by atoms with Crippen LogP contribution in [0.3, 0.4) is 0 Å². The Hall–Kier alpha value is -1.01. The lowest BCUT2D eigenvalue weighted by molar-refractivity contribution is 0.537. The number of rotatable bonds is 2. The van der Waals surface area contributed by atoms with E-state index in [1.807, 2.05) is 19.1 Å². The lowest BCUT2D eigenvalue weighted by Gasteiger charge is -2.18. The molecule has 0 aliphatic carbocycles. The van der Waals surface area contributed by atoms with Crippen LogP contribution in [0, 0.1) is 29.1 Å². The van der Waals surface area contributed by atoms with Crippen molar-refractivity contribution in [3.8, 4) is 0 Å². The normalized spacial score (nSPS) is 12.5. The summed E-state index contributed by atoms with van der Waals surface area (Å²) in [6, 6.07) is 7.48. The van der Waals surface area contributed by atoms with Crippen LogP contribution in [0.5, 0.6) is 0 Å². The zero-order valence-corrected chi connectivity index (χ0v) is 12.8. The fraction of sp³-hybridized carbons (Fsp3) is 0.200. The van der Waals surface area contributed by atoms with Gasteiger partial charge in [0.1, 0.15) is 11.6 Å². The maximum absolute atomic E-state index is 14.1. The summed E-state index contributed by atoms with van der Waals surface area (Å²) in [6.45, 7) is 3.55. The average Bonchev–Trinajstić information content (AvgIpc) is 2.37. The Morgan fingerprint density at radius 2 is 1.74 bits per heavy atom. The molecule has 0 spiro atoms. The summed E-state index contributed by atoms with van der Waals surface area (Å²) in [6.07, 6.45) is 0. The lowest BCUT2D eigenvalue weighted by atomic mass is 9.96. The first-order chi connectivity index (χ1) is 8.93. The van der Waals surface area contributed by atoms with Gasteiger partial charge in [-0.2, -0.15) is 0 Å². The molecule has 0 fully saturated rings. The molecule has 4 heteroatoms. The highest BCUT2D eigenvalue weighted by Gasteiger charge is 2.21. The van der Waals surface area contributed by atoms with Crippen LogP contribution >= 0.6 is 22.6 Å². The van der Waals surface area contributed by atoms with Crippen molar-refractivity contribution in [3.63, 3.8) is 0 Å². The molecule has 1 atom stereocenters. The van der Waals surface area contributed by atoms with E-state index in [2.05, 4.69) is 22.6 Å². The molecule has 0 amide bonds. The van der Waals surface area contributed by atoms with Crippen LogP contribution in [0.1, 0.15) is 28.3 Å². The summed E-state index contributed by atoms with van der Waals surface area (Å²) >= 11 is 2.15. The van der Waals surface area contributed by atoms with Crippen LogP contribution in [0.25, 0.3) is 0 Å². The van der Waals surface area contributed by atoms with Crippen LogP contribution in [-0.2, 0) is 0 Å². The zero-order chi connectivity index (χ0) is 14.2. The molecule has 0 heterocycles. The molecule has 1 unspecified atom stereocenters. The zero-order valence-electron chi connectivity index (χ0n) is 10.7. The van der Waals surface area contributed by atoms with Gasteiger partial charge in [-0.25, -0.2) is 8.78 Å². The van der Waals surface area contributed by atoms with Crippen molar-refractivity contribution in [1.82, 2.24) is 0 Å². The van der Waals surface area contributed by atoms with Crippen molar-refractivity contribution >= 4 is 22.6 Å². The minimum Gasteiger partial charge on any atom is -0.320 e. The third-order valence-electron chi connectivity index (χ3n) is 3.19. The molecule has 2 aromatic carbocycles. The topological polar surface area (TPSA) is 26.0 Å². The van der Waals surface area contributed by atoms with E-state index in [1.165, 1.54) is 12.1 Å². The molecule has 0 bridgehead atoms. The maximum atomic E-state index is 14.1. The smallest absolute Gasteiger partial charge is 0.134 e. The largest absolute Gasteiger partial charge is 0.320 e. The molecule has 0 saturated heterocycles. The maximum Gasteiger partial charge on any atom is 0.134 e. The first-order valence-electron chi connectivity index (χ1n) is 5.88. The van der Waals surface area contributed by atoms with Gasteiger partial charge < -0.3 is 5.73 Å². The highest BCUT2D eigenvalue weighted by molar-refractivity contribution is 14.1. The van der Waals surface area contributed by atoms with Crippen LogP contribution in [0.15, 0.2) is 30.3 Å². The third kappa shape index (κ3) is 2.65. The van der Waals surface area contributed by atoms with Gasteiger partial charge in [0, 0.05) is 9.13 Å². The van der Waals surface area contributed by atoms with Crippen molar-refractivity contribution in [1.29, 1.82) is 0 Å². The summed E-state index contributed by atoms with van der Waals surface area (Å²) in [5.41, 5.74) is 8.19. The van der Waals surface area contributed by atoms with Gasteiger partial charge in [-0.15, -0.1) is 0 Å². The number of halogens is 3. The number of nitrogens with two attached hydrogens (primary N) is 1. The van der Waals surface area contributed by atoms with Gasteiger partial charge in [-0.1, -0.05) is 24.3 Å². The van der Waals surface area contributed by atoms with E-state index >= 15 is 0 Å². The van der Waals surface area contributed by atoms with Crippen molar-refractivity contribution < 1.29 is 8.78 Å². The second-order valence-electron chi connectivity index (χ2n) is 4.55. The van der Waals surface area contributed by atoms with Crippen LogP contribution in [0.2, 0.25) is 0 Å². The number of benzene rings is 2. The number of aryl methyl sites for hydroxylation is 2. The fourth-order valence-corrected chi connectivity index (χ4v) is 2.72. The quantitative estimate of drug-likeness (QED) is 0.784. The Balaban J connectivity index is 2.59. The van der Waals surface area contributed by atoms with E-state index in [0.29, 0.717) is 5.56 Å². The standard InChI is InChI=1S/C15H14F2IN/c1-8-6-7-11(16)12(13(8)17)15(19)10-5-3-4-9(2)14(10)18/h3-7,15H,19H2,1-2H3. The molecule has 0 saturated carbocycles. The van der Waals surface area contributed by atoms with E-state index in [9.17, 15) is 8.78 Å². The summed E-state index contributed by atoms with van der Waals surface area (Å²) in [7, 11) is 0. The van der Waals surface area contributed by atoms with Gasteiger partial charge in [0.25, 0.3) is 0 Å². The molecule has 0 aromatic heterocycles. The Labute approximate surface area is 125 Å². The second kappa shape index (κ2) is 5.54. The minimum absolute atomic E-state index is 0.0662. The van der Waals surface area contributed by atoms with Gasteiger partial charge >= 0.3 is 0 Å². The molecule has 100 valence electrons. The third-order valence-corrected chi connectivity index (χ3v) is 4.66. The van der Waals surface area contributed by atoms with Crippen LogP contribution < -0.4 is 5.73 Å². The summed E-state index contributed by atoms with van der Waals surface area (Å²) in [4.78, 5) is 0. The fourth-order valence-electron chi connectivity index (χ4n) is 2.03. The molecular weight excluding hydrogens is 359 g/mol. The molecule has 0 radical (unpaired) electrons. The Bertz CT molecular complexity index is 626. The Morgan fingerprint density at radius 3 is 2.42 bits per heavy atom. The van der Waals surface area contributed by atoms with Gasteiger partial charge in [0.2, 0.25) is 0 Å². The average molecular weight is 373 g/mol. The minimum atomic E-state index is -0.799. The summed E-state index contributed by atoms with van der Waals surface area (Å²) in [5.74, 6) is -1.17. The van der Waals surface area contributed by atoms with Crippen LogP contribution in [-0.4, -0.2) is 0 Å². The van der Waals surface area contributed by atoms with Gasteiger partial charge in [0.15, 0.2) is 0 Å².